The van der Waals surface area contributed by atoms with Gasteiger partial charge in [-0.2, -0.15) is 0 Å². The summed E-state index contributed by atoms with van der Waals surface area (Å²) in [6, 6.07) is -5.31. The SMILES string of the molecule is C[C@H](NC(=O)[C@H](CC(N)=O)NC(=O)[C@H](CCCNC(=N)N)NC(=O)[C@H](CCCNC(=N)N)NC(=O)CN)C(=O)O. The topological polar surface area (TPSA) is 347 Å². The van der Waals surface area contributed by atoms with Crippen molar-refractivity contribution in [2.75, 3.05) is 19.6 Å². The van der Waals surface area contributed by atoms with Gasteiger partial charge in [0.05, 0.1) is 13.0 Å². The highest BCUT2D eigenvalue weighted by Gasteiger charge is 2.31. The predicted octanol–water partition coefficient (Wildman–Crippen LogP) is -5.61. The van der Waals surface area contributed by atoms with Gasteiger partial charge in [-0.05, 0) is 32.6 Å². The van der Waals surface area contributed by atoms with E-state index in [0.29, 0.717) is 6.42 Å². The molecule has 5 amide bonds. The summed E-state index contributed by atoms with van der Waals surface area (Å²) in [5, 5.41) is 37.9. The lowest BCUT2D eigenvalue weighted by Gasteiger charge is -2.25. The van der Waals surface area contributed by atoms with Crippen LogP contribution in [-0.4, -0.2) is 96.3 Å². The molecule has 0 aliphatic rings. The Hall–Kier alpha value is -4.68. The average Bonchev–Trinajstić information content (AvgIpc) is 2.85. The summed E-state index contributed by atoms with van der Waals surface area (Å²) < 4.78 is 0. The Morgan fingerprint density at radius 3 is 1.55 bits per heavy atom. The molecule has 0 aromatic heterocycles. The molecule has 40 heavy (non-hydrogen) atoms. The molecule has 0 heterocycles. The molecule has 0 unspecified atom stereocenters. The number of carbonyl (C=O) groups excluding carboxylic acids is 5. The van der Waals surface area contributed by atoms with Crippen molar-refractivity contribution in [2.24, 2.45) is 22.9 Å². The second-order valence-electron chi connectivity index (χ2n) is 8.65. The van der Waals surface area contributed by atoms with Crippen LogP contribution in [0.25, 0.3) is 0 Å². The zero-order valence-corrected chi connectivity index (χ0v) is 22.2. The Kier molecular flexibility index (Phi) is 16.4. The van der Waals surface area contributed by atoms with Gasteiger partial charge in [-0.15, -0.1) is 0 Å². The van der Waals surface area contributed by atoms with Crippen LogP contribution in [0.15, 0.2) is 0 Å². The number of rotatable bonds is 19. The van der Waals surface area contributed by atoms with E-state index in [1.54, 1.807) is 0 Å². The number of amides is 5. The number of primary amides is 1. The predicted molar refractivity (Wildman–Crippen MR) is 142 cm³/mol. The average molecular weight is 573 g/mol. The molecule has 4 atom stereocenters. The fourth-order valence-corrected chi connectivity index (χ4v) is 3.18. The monoisotopic (exact) mass is 572 g/mol. The van der Waals surface area contributed by atoms with Gasteiger partial charge in [0.15, 0.2) is 11.9 Å². The maximum absolute atomic E-state index is 13.1. The molecule has 0 fully saturated rings. The van der Waals surface area contributed by atoms with Crippen LogP contribution in [0, 0.1) is 10.8 Å². The second kappa shape index (κ2) is 18.6. The van der Waals surface area contributed by atoms with Crippen molar-refractivity contribution in [1.29, 1.82) is 10.8 Å². The first-order valence-corrected chi connectivity index (χ1v) is 12.2. The maximum Gasteiger partial charge on any atom is 0.325 e. The normalized spacial score (nSPS) is 13.3. The fourth-order valence-electron chi connectivity index (χ4n) is 3.18. The highest BCUT2D eigenvalue weighted by Crippen LogP contribution is 2.04. The van der Waals surface area contributed by atoms with E-state index in [9.17, 15) is 28.8 Å². The van der Waals surface area contributed by atoms with Gasteiger partial charge in [-0.3, -0.25) is 39.6 Å². The molecule has 0 aromatic carbocycles. The van der Waals surface area contributed by atoms with Crippen LogP contribution in [0.4, 0.5) is 0 Å². The molecule has 226 valence electrons. The van der Waals surface area contributed by atoms with Gasteiger partial charge in [0.2, 0.25) is 29.5 Å². The molecule has 19 heteroatoms. The largest absolute Gasteiger partial charge is 0.480 e. The zero-order valence-electron chi connectivity index (χ0n) is 22.2. The smallest absolute Gasteiger partial charge is 0.325 e. The van der Waals surface area contributed by atoms with Crippen LogP contribution in [0.2, 0.25) is 0 Å². The zero-order chi connectivity index (χ0) is 30.8. The molecule has 0 aliphatic carbocycles. The van der Waals surface area contributed by atoms with E-state index in [-0.39, 0.29) is 44.3 Å². The molecule has 0 spiro atoms. The molecule has 0 radical (unpaired) electrons. The van der Waals surface area contributed by atoms with Gasteiger partial charge in [0, 0.05) is 13.1 Å². The molecule has 0 aromatic rings. The number of hydrogen-bond acceptors (Lipinski definition) is 9. The molecule has 19 nitrogen and oxygen atoms in total. The summed E-state index contributed by atoms with van der Waals surface area (Å²) >= 11 is 0. The number of nitrogens with one attached hydrogen (secondary N) is 8. The van der Waals surface area contributed by atoms with E-state index >= 15 is 0 Å². The number of carbonyl (C=O) groups is 6. The van der Waals surface area contributed by atoms with Crippen molar-refractivity contribution >= 4 is 47.4 Å². The van der Waals surface area contributed by atoms with E-state index in [4.69, 9.17) is 38.9 Å². The minimum atomic E-state index is -1.55. The van der Waals surface area contributed by atoms with Gasteiger partial charge in [0.1, 0.15) is 24.2 Å². The summed E-state index contributed by atoms with van der Waals surface area (Å²) in [5.74, 6) is -6.21. The molecule has 0 saturated carbocycles. The Morgan fingerprint density at radius 1 is 0.725 bits per heavy atom. The lowest BCUT2D eigenvalue weighted by molar-refractivity contribution is -0.142. The van der Waals surface area contributed by atoms with Crippen molar-refractivity contribution in [3.8, 4) is 0 Å². The highest BCUT2D eigenvalue weighted by atomic mass is 16.4. The number of carboxylic acids is 1. The summed E-state index contributed by atoms with van der Waals surface area (Å²) in [6.45, 7) is 1.14. The summed E-state index contributed by atoms with van der Waals surface area (Å²) in [5.41, 5.74) is 21.0. The molecular weight excluding hydrogens is 532 g/mol. The lowest BCUT2D eigenvalue weighted by Crippen LogP contribution is -2.58. The van der Waals surface area contributed by atoms with Crippen LogP contribution >= 0.6 is 0 Å². The summed E-state index contributed by atoms with van der Waals surface area (Å²) in [4.78, 5) is 73.2. The van der Waals surface area contributed by atoms with Crippen molar-refractivity contribution in [1.82, 2.24) is 31.9 Å². The highest BCUT2D eigenvalue weighted by molar-refractivity contribution is 5.96. The second-order valence-corrected chi connectivity index (χ2v) is 8.65. The number of guanidine groups is 2. The Labute approximate surface area is 230 Å². The molecule has 0 rings (SSSR count). The number of nitrogens with two attached hydrogens (primary N) is 4. The first-order chi connectivity index (χ1) is 18.7. The number of hydrogen-bond donors (Lipinski definition) is 13. The van der Waals surface area contributed by atoms with Crippen molar-refractivity contribution in [3.05, 3.63) is 0 Å². The van der Waals surface area contributed by atoms with E-state index in [0.717, 1.165) is 0 Å². The van der Waals surface area contributed by atoms with Crippen LogP contribution in [0.3, 0.4) is 0 Å². The van der Waals surface area contributed by atoms with E-state index in [1.165, 1.54) is 6.92 Å². The van der Waals surface area contributed by atoms with Gasteiger partial charge >= 0.3 is 5.97 Å². The molecule has 0 bridgehead atoms. The van der Waals surface area contributed by atoms with E-state index in [2.05, 4.69) is 31.9 Å². The quantitative estimate of drug-likeness (QED) is 0.0391. The third kappa shape index (κ3) is 15.5. The van der Waals surface area contributed by atoms with Crippen LogP contribution < -0.4 is 54.8 Å². The van der Waals surface area contributed by atoms with Crippen molar-refractivity contribution in [3.63, 3.8) is 0 Å². The van der Waals surface area contributed by atoms with Gasteiger partial charge < -0.3 is 59.9 Å². The number of carboxylic acid groups (broad SMARTS) is 1. The van der Waals surface area contributed by atoms with Crippen molar-refractivity contribution < 1.29 is 33.9 Å². The Balaban J connectivity index is 5.77. The summed E-state index contributed by atoms with van der Waals surface area (Å²) in [6.07, 6.45) is -0.0992. The first kappa shape index (κ1) is 35.3. The third-order valence-electron chi connectivity index (χ3n) is 5.21. The molecule has 17 N–H and O–H groups in total. The Bertz CT molecular complexity index is 945. The standard InChI is InChI=1S/C21H40N12O7/c1-10(19(39)40)30-18(38)13(8-14(23)34)33-17(37)12(5-3-7-29-21(26)27)32-16(36)11(31-15(35)9-22)4-2-6-28-20(24)25/h10-13H,2-9,22H2,1H3,(H2,23,34)(H,30,38)(H,31,35)(H,32,36)(H,33,37)(H,39,40)(H4,24,25,28)(H4,26,27,29)/t10-,11-,12-,13-/m0/s1. The van der Waals surface area contributed by atoms with E-state index < -0.39 is 72.6 Å². The third-order valence-corrected chi connectivity index (χ3v) is 5.21. The van der Waals surface area contributed by atoms with Crippen LogP contribution in [0.5, 0.6) is 0 Å². The van der Waals surface area contributed by atoms with Gasteiger partial charge in [0.25, 0.3) is 0 Å². The minimum absolute atomic E-state index is 0.0300. The first-order valence-electron chi connectivity index (χ1n) is 12.2. The number of aliphatic carboxylic acids is 1. The van der Waals surface area contributed by atoms with E-state index in [1.807, 2.05) is 0 Å². The lowest BCUT2D eigenvalue weighted by atomic mass is 10.1. The summed E-state index contributed by atoms with van der Waals surface area (Å²) in [7, 11) is 0. The van der Waals surface area contributed by atoms with Crippen molar-refractivity contribution in [2.45, 2.75) is 63.2 Å². The van der Waals surface area contributed by atoms with Gasteiger partial charge in [-0.1, -0.05) is 0 Å². The minimum Gasteiger partial charge on any atom is -0.480 e. The molecule has 0 saturated heterocycles. The fraction of sp³-hybridized carbons (Fsp3) is 0.619. The maximum atomic E-state index is 13.1. The van der Waals surface area contributed by atoms with Gasteiger partial charge in [-0.25, -0.2) is 0 Å². The van der Waals surface area contributed by atoms with Crippen LogP contribution in [0.1, 0.15) is 39.0 Å². The molecular formula is C21H40N12O7. The van der Waals surface area contributed by atoms with Crippen LogP contribution in [-0.2, 0) is 28.8 Å². The Morgan fingerprint density at radius 2 is 1.15 bits per heavy atom. The molecule has 0 aliphatic heterocycles.